The maximum absolute atomic E-state index is 12.0. The molecule has 2 N–H and O–H groups in total. The first kappa shape index (κ1) is 15.3. The Morgan fingerprint density at radius 3 is 3.00 bits per heavy atom. The lowest BCUT2D eigenvalue weighted by Gasteiger charge is -2.18. The minimum absolute atomic E-state index is 0.106. The Hall–Kier alpha value is -2.05. The van der Waals surface area contributed by atoms with Crippen LogP contribution in [0.25, 0.3) is 6.08 Å². The number of esters is 1. The van der Waals surface area contributed by atoms with Crippen molar-refractivity contribution < 1.29 is 24.2 Å². The Balaban J connectivity index is 2.02. The number of carbonyl (C=O) groups is 2. The highest BCUT2D eigenvalue weighted by molar-refractivity contribution is 6.30. The summed E-state index contributed by atoms with van der Waals surface area (Å²) in [7, 11) is 1.16. The van der Waals surface area contributed by atoms with Crippen LogP contribution in [-0.2, 0) is 14.3 Å². The highest BCUT2D eigenvalue weighted by Gasteiger charge is 2.20. The molecule has 1 aliphatic heterocycles. The monoisotopic (exact) mass is 311 g/mol. The largest absolute Gasteiger partial charge is 0.488 e. The van der Waals surface area contributed by atoms with Crippen molar-refractivity contribution in [1.29, 1.82) is 0 Å². The van der Waals surface area contributed by atoms with Crippen molar-refractivity contribution in [2.75, 3.05) is 20.3 Å². The van der Waals surface area contributed by atoms with Crippen LogP contribution >= 0.6 is 11.6 Å². The van der Waals surface area contributed by atoms with Gasteiger partial charge in [-0.1, -0.05) is 11.6 Å². The summed E-state index contributed by atoms with van der Waals surface area (Å²) in [6.07, 6.45) is 0.260. The van der Waals surface area contributed by atoms with Gasteiger partial charge >= 0.3 is 5.97 Å². The summed E-state index contributed by atoms with van der Waals surface area (Å²) < 4.78 is 9.80. The number of hydrogen-bond acceptors (Lipinski definition) is 5. The smallest absolute Gasteiger partial charge is 0.336 e. The number of nitrogens with one attached hydrogen (secondary N) is 1. The van der Waals surface area contributed by atoms with Crippen LogP contribution < -0.4 is 10.1 Å². The van der Waals surface area contributed by atoms with Crippen LogP contribution in [0.2, 0.25) is 5.02 Å². The zero-order chi connectivity index (χ0) is 15.4. The number of fused-ring (bicyclic) bond motifs is 1. The zero-order valence-corrected chi connectivity index (χ0v) is 12.0. The van der Waals surface area contributed by atoms with E-state index in [1.807, 2.05) is 0 Å². The van der Waals surface area contributed by atoms with E-state index in [2.05, 4.69) is 10.1 Å². The number of aliphatic hydroxyl groups excluding tert-OH is 1. The average molecular weight is 312 g/mol. The SMILES string of the molecule is COC(=O)C(O)CNC(=O)C1=Cc2cc(Cl)ccc2OC1. The van der Waals surface area contributed by atoms with Gasteiger partial charge in [-0.15, -0.1) is 0 Å². The fraction of sp³-hybridized carbons (Fsp3) is 0.286. The number of methoxy groups -OCH3 is 1. The molecule has 0 bridgehead atoms. The highest BCUT2D eigenvalue weighted by atomic mass is 35.5. The van der Waals surface area contributed by atoms with Crippen LogP contribution in [0.3, 0.4) is 0 Å². The maximum atomic E-state index is 12.0. The maximum Gasteiger partial charge on any atom is 0.336 e. The molecule has 6 nitrogen and oxygen atoms in total. The molecule has 0 aromatic heterocycles. The first-order valence-electron chi connectivity index (χ1n) is 6.18. The summed E-state index contributed by atoms with van der Waals surface area (Å²) >= 11 is 5.89. The minimum Gasteiger partial charge on any atom is -0.488 e. The van der Waals surface area contributed by atoms with E-state index in [0.717, 1.165) is 7.11 Å². The molecule has 0 aliphatic carbocycles. The second-order valence-corrected chi connectivity index (χ2v) is 4.83. The van der Waals surface area contributed by atoms with Gasteiger partial charge in [-0.25, -0.2) is 4.79 Å². The molecule has 0 saturated carbocycles. The van der Waals surface area contributed by atoms with Crippen molar-refractivity contribution >= 4 is 29.6 Å². The standard InChI is InChI=1S/C14H14ClNO5/c1-20-14(19)11(17)6-16-13(18)9-4-8-5-10(15)2-3-12(8)21-7-9/h2-5,11,17H,6-7H2,1H3,(H,16,18). The van der Waals surface area contributed by atoms with Crippen LogP contribution in [0, 0.1) is 0 Å². The van der Waals surface area contributed by atoms with E-state index in [4.69, 9.17) is 16.3 Å². The fourth-order valence-corrected chi connectivity index (χ4v) is 1.98. The third-order valence-electron chi connectivity index (χ3n) is 2.91. The molecule has 0 fully saturated rings. The molecule has 112 valence electrons. The lowest BCUT2D eigenvalue weighted by molar-refractivity contribution is -0.150. The van der Waals surface area contributed by atoms with Gasteiger partial charge in [0.1, 0.15) is 12.4 Å². The van der Waals surface area contributed by atoms with E-state index in [-0.39, 0.29) is 13.2 Å². The molecule has 7 heteroatoms. The summed E-state index contributed by atoms with van der Waals surface area (Å²) in [5.41, 5.74) is 1.08. The number of ether oxygens (including phenoxy) is 2. The Morgan fingerprint density at radius 1 is 1.52 bits per heavy atom. The van der Waals surface area contributed by atoms with Crippen LogP contribution in [0.15, 0.2) is 23.8 Å². The van der Waals surface area contributed by atoms with Gasteiger partial charge in [-0.2, -0.15) is 0 Å². The molecule has 0 radical (unpaired) electrons. The summed E-state index contributed by atoms with van der Waals surface area (Å²) in [5, 5.41) is 12.4. The quantitative estimate of drug-likeness (QED) is 0.802. The Bertz CT molecular complexity index is 599. The molecule has 1 aromatic rings. The lowest BCUT2D eigenvalue weighted by atomic mass is 10.1. The molecular formula is C14H14ClNO5. The van der Waals surface area contributed by atoms with Crippen molar-refractivity contribution in [2.24, 2.45) is 0 Å². The normalized spacial score (nSPS) is 14.3. The molecular weight excluding hydrogens is 298 g/mol. The van der Waals surface area contributed by atoms with Gasteiger partial charge in [0.15, 0.2) is 6.10 Å². The number of rotatable bonds is 4. The van der Waals surface area contributed by atoms with Crippen LogP contribution in [0.5, 0.6) is 5.75 Å². The van der Waals surface area contributed by atoms with Crippen molar-refractivity contribution in [3.63, 3.8) is 0 Å². The van der Waals surface area contributed by atoms with Gasteiger partial charge in [-0.3, -0.25) is 4.79 Å². The van der Waals surface area contributed by atoms with E-state index in [1.165, 1.54) is 0 Å². The summed E-state index contributed by atoms with van der Waals surface area (Å²) in [6, 6.07) is 5.11. The molecule has 1 aliphatic rings. The topological polar surface area (TPSA) is 84.9 Å². The second kappa shape index (κ2) is 6.60. The van der Waals surface area contributed by atoms with Crippen molar-refractivity contribution in [1.82, 2.24) is 5.32 Å². The molecule has 1 unspecified atom stereocenters. The first-order chi connectivity index (χ1) is 10.0. The highest BCUT2D eigenvalue weighted by Crippen LogP contribution is 2.28. The van der Waals surface area contributed by atoms with Gasteiger partial charge in [0.25, 0.3) is 5.91 Å². The number of halogens is 1. The van der Waals surface area contributed by atoms with E-state index in [0.29, 0.717) is 21.9 Å². The predicted molar refractivity (Wildman–Crippen MR) is 76.0 cm³/mol. The van der Waals surface area contributed by atoms with Gasteiger partial charge in [0.2, 0.25) is 0 Å². The van der Waals surface area contributed by atoms with Crippen molar-refractivity contribution in [2.45, 2.75) is 6.10 Å². The zero-order valence-electron chi connectivity index (χ0n) is 11.3. The first-order valence-corrected chi connectivity index (χ1v) is 6.56. The van der Waals surface area contributed by atoms with Gasteiger partial charge in [0, 0.05) is 10.6 Å². The molecule has 2 rings (SSSR count). The van der Waals surface area contributed by atoms with Crippen LogP contribution in [0.4, 0.5) is 0 Å². The van der Waals surface area contributed by atoms with E-state index in [9.17, 15) is 14.7 Å². The summed E-state index contributed by atoms with van der Waals surface area (Å²) in [4.78, 5) is 23.0. The number of benzene rings is 1. The lowest BCUT2D eigenvalue weighted by Crippen LogP contribution is -2.38. The van der Waals surface area contributed by atoms with E-state index >= 15 is 0 Å². The number of carbonyl (C=O) groups excluding carboxylic acids is 2. The van der Waals surface area contributed by atoms with E-state index < -0.39 is 18.0 Å². The number of amides is 1. The Kier molecular flexibility index (Phi) is 4.82. The molecule has 1 atom stereocenters. The number of aliphatic hydroxyl groups is 1. The second-order valence-electron chi connectivity index (χ2n) is 4.39. The van der Waals surface area contributed by atoms with Crippen molar-refractivity contribution in [3.8, 4) is 5.75 Å². The molecule has 1 amide bonds. The Morgan fingerprint density at radius 2 is 2.29 bits per heavy atom. The van der Waals surface area contributed by atoms with Crippen LogP contribution in [-0.4, -0.2) is 43.3 Å². The Labute approximate surface area is 126 Å². The molecule has 1 aromatic carbocycles. The summed E-state index contributed by atoms with van der Waals surface area (Å²) in [5.74, 6) is -0.588. The fourth-order valence-electron chi connectivity index (χ4n) is 1.80. The minimum atomic E-state index is -1.40. The molecule has 21 heavy (non-hydrogen) atoms. The van der Waals surface area contributed by atoms with Crippen LogP contribution in [0.1, 0.15) is 5.56 Å². The van der Waals surface area contributed by atoms with Crippen molar-refractivity contribution in [3.05, 3.63) is 34.4 Å². The van der Waals surface area contributed by atoms with E-state index in [1.54, 1.807) is 24.3 Å². The predicted octanol–water partition coefficient (Wildman–Crippen LogP) is 0.766. The van der Waals surface area contributed by atoms with Gasteiger partial charge < -0.3 is 19.9 Å². The third-order valence-corrected chi connectivity index (χ3v) is 3.14. The van der Waals surface area contributed by atoms with Gasteiger partial charge in [-0.05, 0) is 24.3 Å². The third kappa shape index (κ3) is 3.74. The molecule has 0 saturated heterocycles. The van der Waals surface area contributed by atoms with Gasteiger partial charge in [0.05, 0.1) is 19.2 Å². The molecule has 1 heterocycles. The summed E-state index contributed by atoms with van der Waals surface area (Å²) in [6.45, 7) is -0.125. The number of hydrogen-bond donors (Lipinski definition) is 2. The molecule has 0 spiro atoms. The average Bonchev–Trinajstić information content (AvgIpc) is 2.50.